The Bertz CT molecular complexity index is 1820. The van der Waals surface area contributed by atoms with Crippen LogP contribution >= 0.6 is 15.6 Å². The molecule has 19 heteroatoms. The van der Waals surface area contributed by atoms with Crippen LogP contribution in [0, 0.1) is 23.7 Å². The number of esters is 4. The van der Waals surface area contributed by atoms with Crippen molar-refractivity contribution in [3.05, 3.63) is 0 Å². The van der Waals surface area contributed by atoms with Crippen molar-refractivity contribution in [2.45, 2.75) is 382 Å². The van der Waals surface area contributed by atoms with Crippen molar-refractivity contribution in [3.63, 3.8) is 0 Å². The van der Waals surface area contributed by atoms with Gasteiger partial charge in [0.05, 0.1) is 26.4 Å². The summed E-state index contributed by atoms with van der Waals surface area (Å²) < 4.78 is 68.4. The van der Waals surface area contributed by atoms with E-state index < -0.39 is 97.5 Å². The Morgan fingerprint density at radius 2 is 0.457 bits per heavy atom. The van der Waals surface area contributed by atoms with Crippen molar-refractivity contribution in [1.82, 2.24) is 0 Å². The highest BCUT2D eigenvalue weighted by atomic mass is 31.2. The molecule has 0 spiro atoms. The first kappa shape index (κ1) is 90.1. The molecule has 0 aliphatic carbocycles. The molecule has 0 saturated carbocycles. The Labute approximate surface area is 562 Å². The van der Waals surface area contributed by atoms with Crippen molar-refractivity contribution in [2.24, 2.45) is 23.7 Å². The van der Waals surface area contributed by atoms with E-state index in [-0.39, 0.29) is 25.7 Å². The van der Waals surface area contributed by atoms with E-state index in [0.717, 1.165) is 114 Å². The summed E-state index contributed by atoms with van der Waals surface area (Å²) in [7, 11) is -9.91. The second kappa shape index (κ2) is 62.6. The number of hydrogen-bond acceptors (Lipinski definition) is 15. The fourth-order valence-electron chi connectivity index (χ4n) is 11.0. The van der Waals surface area contributed by atoms with Crippen molar-refractivity contribution < 1.29 is 80.2 Å². The normalized spacial score (nSPS) is 14.2. The second-order valence-electron chi connectivity index (χ2n) is 28.2. The number of carbonyl (C=O) groups is 4. The van der Waals surface area contributed by atoms with Crippen molar-refractivity contribution in [1.29, 1.82) is 0 Å². The smallest absolute Gasteiger partial charge is 0.462 e. The highest BCUT2D eigenvalue weighted by Crippen LogP contribution is 2.45. The molecule has 0 aromatic heterocycles. The molecule has 0 aliphatic heterocycles. The van der Waals surface area contributed by atoms with Crippen LogP contribution in [0.25, 0.3) is 0 Å². The van der Waals surface area contributed by atoms with Crippen LogP contribution in [0.1, 0.15) is 364 Å². The van der Waals surface area contributed by atoms with Crippen LogP contribution in [0.5, 0.6) is 0 Å². The highest BCUT2D eigenvalue weighted by molar-refractivity contribution is 7.47. The summed E-state index contributed by atoms with van der Waals surface area (Å²) in [4.78, 5) is 72.6. The zero-order chi connectivity index (χ0) is 68.2. The molecule has 5 atom stereocenters. The van der Waals surface area contributed by atoms with Gasteiger partial charge in [-0.15, -0.1) is 0 Å². The zero-order valence-electron chi connectivity index (χ0n) is 60.2. The molecule has 17 nitrogen and oxygen atoms in total. The fraction of sp³-hybridized carbons (Fsp3) is 0.945. The molecule has 0 aromatic carbocycles. The Morgan fingerprint density at radius 1 is 0.272 bits per heavy atom. The molecule has 0 aromatic rings. The lowest BCUT2D eigenvalue weighted by atomic mass is 10.0. The summed E-state index contributed by atoms with van der Waals surface area (Å²) in [5.74, 6) is 0.846. The number of phosphoric acid groups is 2. The molecule has 0 aliphatic rings. The molecule has 546 valence electrons. The first-order valence-corrected chi connectivity index (χ1v) is 40.7. The molecule has 3 N–H and O–H groups in total. The second-order valence-corrected chi connectivity index (χ2v) is 31.1. The minimum atomic E-state index is -4.95. The zero-order valence-corrected chi connectivity index (χ0v) is 62.0. The van der Waals surface area contributed by atoms with Gasteiger partial charge in [-0.3, -0.25) is 37.3 Å². The van der Waals surface area contributed by atoms with Gasteiger partial charge < -0.3 is 33.8 Å². The van der Waals surface area contributed by atoms with Crippen LogP contribution in [0.15, 0.2) is 0 Å². The van der Waals surface area contributed by atoms with Crippen LogP contribution in [0.3, 0.4) is 0 Å². The maximum Gasteiger partial charge on any atom is 0.472 e. The van der Waals surface area contributed by atoms with Gasteiger partial charge in [-0.1, -0.05) is 312 Å². The number of phosphoric ester groups is 2. The largest absolute Gasteiger partial charge is 0.472 e. The summed E-state index contributed by atoms with van der Waals surface area (Å²) in [6.07, 6.45) is 46.0. The van der Waals surface area contributed by atoms with Gasteiger partial charge in [-0.05, 0) is 49.4 Å². The SMILES string of the molecule is CC(C)CCCCCCCCCCCCCCCCC(=O)OC[C@H](COP(=O)(O)OC[C@@H](O)COP(=O)(O)OC[C@@H](COC(=O)CCCCCCCCC(C)C)OC(=O)CCCCCCCCCCCCCCC(C)C)OC(=O)CCCCCCCCCCC(C)C. The molecule has 0 fully saturated rings. The van der Waals surface area contributed by atoms with Crippen molar-refractivity contribution >= 4 is 39.5 Å². The summed E-state index contributed by atoms with van der Waals surface area (Å²) in [5.41, 5.74) is 0. The van der Waals surface area contributed by atoms with Gasteiger partial charge in [0, 0.05) is 25.7 Å². The van der Waals surface area contributed by atoms with Gasteiger partial charge in [0.2, 0.25) is 0 Å². The molecule has 0 rings (SSSR count). The molecule has 0 radical (unpaired) electrons. The number of rotatable bonds is 70. The topological polar surface area (TPSA) is 237 Å². The molecule has 0 amide bonds. The van der Waals surface area contributed by atoms with E-state index in [0.29, 0.717) is 31.6 Å². The first-order chi connectivity index (χ1) is 44.1. The number of hydrogen-bond donors (Lipinski definition) is 3. The van der Waals surface area contributed by atoms with E-state index in [1.165, 1.54) is 161 Å². The van der Waals surface area contributed by atoms with Crippen LogP contribution in [-0.2, 0) is 65.4 Å². The first-order valence-electron chi connectivity index (χ1n) is 37.7. The summed E-state index contributed by atoms with van der Waals surface area (Å²) in [5, 5.41) is 10.6. The number of aliphatic hydroxyl groups excluding tert-OH is 1. The lowest BCUT2D eigenvalue weighted by Crippen LogP contribution is -2.30. The van der Waals surface area contributed by atoms with Crippen LogP contribution < -0.4 is 0 Å². The van der Waals surface area contributed by atoms with Gasteiger partial charge in [0.15, 0.2) is 12.2 Å². The number of carbonyl (C=O) groups excluding carboxylic acids is 4. The van der Waals surface area contributed by atoms with Crippen molar-refractivity contribution in [2.75, 3.05) is 39.6 Å². The van der Waals surface area contributed by atoms with E-state index in [9.17, 15) is 43.2 Å². The number of unbranched alkanes of at least 4 members (excludes halogenated alkanes) is 36. The maximum absolute atomic E-state index is 13.0. The quantitative estimate of drug-likeness (QED) is 0.0222. The van der Waals surface area contributed by atoms with Gasteiger partial charge >= 0.3 is 39.5 Å². The minimum Gasteiger partial charge on any atom is -0.462 e. The molecular weight excluding hydrogens is 1210 g/mol. The summed E-state index contributed by atoms with van der Waals surface area (Å²) >= 11 is 0. The van der Waals surface area contributed by atoms with Gasteiger partial charge in [0.1, 0.15) is 19.3 Å². The van der Waals surface area contributed by atoms with Crippen LogP contribution in [-0.4, -0.2) is 96.7 Å². The molecule has 92 heavy (non-hydrogen) atoms. The van der Waals surface area contributed by atoms with E-state index in [2.05, 4.69) is 55.4 Å². The Kier molecular flexibility index (Phi) is 61.3. The average Bonchev–Trinajstić information content (AvgIpc) is 2.73. The van der Waals surface area contributed by atoms with E-state index in [1.807, 2.05) is 0 Å². The van der Waals surface area contributed by atoms with E-state index in [1.54, 1.807) is 0 Å². The summed E-state index contributed by atoms with van der Waals surface area (Å²) in [6, 6.07) is 0. The molecule has 0 bridgehead atoms. The molecular formula is C73H142O17P2. The predicted octanol–water partition coefficient (Wildman–Crippen LogP) is 20.9. The van der Waals surface area contributed by atoms with Gasteiger partial charge in [-0.2, -0.15) is 0 Å². The van der Waals surface area contributed by atoms with Gasteiger partial charge in [-0.25, -0.2) is 9.13 Å². The highest BCUT2D eigenvalue weighted by Gasteiger charge is 2.30. The average molecular weight is 1350 g/mol. The van der Waals surface area contributed by atoms with Crippen LogP contribution in [0.4, 0.5) is 0 Å². The Balaban J connectivity index is 5.21. The predicted molar refractivity (Wildman–Crippen MR) is 372 cm³/mol. The third-order valence-corrected chi connectivity index (χ3v) is 18.7. The number of aliphatic hydroxyl groups is 1. The van der Waals surface area contributed by atoms with E-state index >= 15 is 0 Å². The lowest BCUT2D eigenvalue weighted by Gasteiger charge is -2.21. The lowest BCUT2D eigenvalue weighted by molar-refractivity contribution is -0.161. The van der Waals surface area contributed by atoms with Crippen molar-refractivity contribution in [3.8, 4) is 0 Å². The third kappa shape index (κ3) is 66.7. The summed E-state index contributed by atoms with van der Waals surface area (Å²) in [6.45, 7) is 14.1. The maximum atomic E-state index is 13.0. The fourth-order valence-corrected chi connectivity index (χ4v) is 12.6. The monoisotopic (exact) mass is 1350 g/mol. The van der Waals surface area contributed by atoms with Crippen LogP contribution in [0.2, 0.25) is 0 Å². The molecule has 0 saturated heterocycles. The Hall–Kier alpha value is -1.94. The third-order valence-electron chi connectivity index (χ3n) is 16.8. The standard InChI is InChI=1S/C73H142O17P2/c1-63(2)49-41-33-25-19-15-11-9-10-12-17-21-28-37-45-53-70(75)83-59-68(90-73(78)56-48-40-30-24-23-27-35-43-51-65(5)6)61-87-91(79,80)85-57-67(74)58-86-92(81,82)88-62-69(60-84-71(76)54-46-38-32-31-36-44-52-66(7)8)89-72(77)55-47-39-29-22-18-14-13-16-20-26-34-42-50-64(3)4/h63-69,74H,9-62H2,1-8H3,(H,79,80)(H,81,82)/t67-,68-,69-/m1/s1. The molecule has 2 unspecified atom stereocenters. The Morgan fingerprint density at radius 3 is 0.674 bits per heavy atom. The number of ether oxygens (including phenoxy) is 4. The van der Waals surface area contributed by atoms with E-state index in [4.69, 9.17) is 37.0 Å². The van der Waals surface area contributed by atoms with Gasteiger partial charge in [0.25, 0.3) is 0 Å². The minimum absolute atomic E-state index is 0.104. The molecule has 0 heterocycles.